The van der Waals surface area contributed by atoms with E-state index in [1.54, 1.807) is 0 Å². The molecule has 0 aromatic heterocycles. The third-order valence-corrected chi connectivity index (χ3v) is 4.80. The lowest BCUT2D eigenvalue weighted by molar-refractivity contribution is 0.112. The highest BCUT2D eigenvalue weighted by Crippen LogP contribution is 2.22. The molecule has 144 valence electrons. The molecule has 0 aliphatic heterocycles. The Balaban J connectivity index is 2.86. The Kier molecular flexibility index (Phi) is 8.55. The van der Waals surface area contributed by atoms with Crippen molar-refractivity contribution in [3.05, 3.63) is 0 Å². The Hall–Kier alpha value is -1.44. The fourth-order valence-electron chi connectivity index (χ4n) is 2.54. The molecule has 1 aliphatic carbocycles. The number of carbonyl (C=O) groups excluding carboxylic acids is 2. The summed E-state index contributed by atoms with van der Waals surface area (Å²) in [6.07, 6.45) is 4.87. The monoisotopic (exact) mass is 372 g/mol. The van der Waals surface area contributed by atoms with Crippen molar-refractivity contribution < 1.29 is 14.3 Å². The Morgan fingerprint density at radius 3 is 2.20 bits per heavy atom. The molecular formula is C17H32N4O3S. The zero-order valence-corrected chi connectivity index (χ0v) is 16.9. The molecule has 1 rings (SSSR count). The van der Waals surface area contributed by atoms with E-state index in [0.29, 0.717) is 13.1 Å². The van der Waals surface area contributed by atoms with E-state index in [1.165, 1.54) is 16.8 Å². The first-order chi connectivity index (χ1) is 11.7. The van der Waals surface area contributed by atoms with Gasteiger partial charge >= 0.3 is 18.1 Å². The van der Waals surface area contributed by atoms with Gasteiger partial charge in [0, 0.05) is 17.8 Å². The highest BCUT2D eigenvalue weighted by molar-refractivity contribution is 7.99. The standard InChI is InChI=1S/C17H32N4O3S/c1-6-20(7-2)16(23)21(15(22)19-25-17(3,4)5)14(18)24-13-11-9-8-10-12-13/h13,18H,6-12H2,1-5H3,(H,19,22). The summed E-state index contributed by atoms with van der Waals surface area (Å²) in [5.74, 6) is 0. The molecule has 8 heteroatoms. The van der Waals surface area contributed by atoms with Crippen molar-refractivity contribution in [2.24, 2.45) is 0 Å². The largest absolute Gasteiger partial charge is 0.461 e. The fraction of sp³-hybridized carbons (Fsp3) is 0.824. The van der Waals surface area contributed by atoms with Crippen LogP contribution in [0.1, 0.15) is 66.7 Å². The highest BCUT2D eigenvalue weighted by atomic mass is 32.2. The molecule has 1 fully saturated rings. The number of nitrogens with one attached hydrogen (secondary N) is 2. The first-order valence-electron chi connectivity index (χ1n) is 9.01. The molecule has 0 aromatic rings. The second-order valence-corrected chi connectivity index (χ2v) is 8.73. The number of imide groups is 1. The van der Waals surface area contributed by atoms with Crippen molar-refractivity contribution >= 4 is 30.0 Å². The predicted molar refractivity (Wildman–Crippen MR) is 102 cm³/mol. The van der Waals surface area contributed by atoms with E-state index >= 15 is 0 Å². The quantitative estimate of drug-likeness (QED) is 0.440. The molecule has 4 amide bonds. The summed E-state index contributed by atoms with van der Waals surface area (Å²) in [5.41, 5.74) is 0. The van der Waals surface area contributed by atoms with Crippen LogP contribution in [0.3, 0.4) is 0 Å². The molecule has 1 aliphatic rings. The van der Waals surface area contributed by atoms with Crippen LogP contribution in [0.4, 0.5) is 9.59 Å². The van der Waals surface area contributed by atoms with Crippen molar-refractivity contribution in [1.82, 2.24) is 14.5 Å². The molecule has 1 saturated carbocycles. The summed E-state index contributed by atoms with van der Waals surface area (Å²) in [5, 5.41) is 8.21. The second-order valence-electron chi connectivity index (χ2n) is 7.09. The number of hydrogen-bond acceptors (Lipinski definition) is 5. The lowest BCUT2D eigenvalue weighted by Crippen LogP contribution is -2.53. The van der Waals surface area contributed by atoms with E-state index in [-0.39, 0.29) is 10.9 Å². The maximum Gasteiger partial charge on any atom is 0.343 e. The SMILES string of the molecule is CCN(CC)C(=O)N(C(=N)OC1CCCCC1)C(=O)NSC(C)(C)C. The van der Waals surface area contributed by atoms with Crippen molar-refractivity contribution in [1.29, 1.82) is 5.41 Å². The Morgan fingerprint density at radius 1 is 1.16 bits per heavy atom. The third-order valence-electron chi connectivity index (χ3n) is 3.91. The topological polar surface area (TPSA) is 85.7 Å². The molecular weight excluding hydrogens is 340 g/mol. The molecule has 0 saturated heterocycles. The third kappa shape index (κ3) is 7.13. The summed E-state index contributed by atoms with van der Waals surface area (Å²) in [6, 6.07) is -1.56. The summed E-state index contributed by atoms with van der Waals surface area (Å²) < 4.78 is 8.12. The highest BCUT2D eigenvalue weighted by Gasteiger charge is 2.33. The van der Waals surface area contributed by atoms with E-state index in [4.69, 9.17) is 10.1 Å². The van der Waals surface area contributed by atoms with Gasteiger partial charge in [0.25, 0.3) is 0 Å². The molecule has 0 aromatic carbocycles. The average Bonchev–Trinajstić information content (AvgIpc) is 2.54. The van der Waals surface area contributed by atoms with Crippen LogP contribution in [-0.4, -0.2) is 51.8 Å². The average molecular weight is 373 g/mol. The smallest absolute Gasteiger partial charge is 0.343 e. The molecule has 0 bridgehead atoms. The van der Waals surface area contributed by atoms with E-state index < -0.39 is 18.1 Å². The minimum Gasteiger partial charge on any atom is -0.461 e. The molecule has 0 spiro atoms. The maximum absolute atomic E-state index is 12.7. The molecule has 0 heterocycles. The number of urea groups is 2. The Labute approximate surface area is 155 Å². The number of amidine groups is 1. The molecule has 7 nitrogen and oxygen atoms in total. The molecule has 25 heavy (non-hydrogen) atoms. The molecule has 2 N–H and O–H groups in total. The zero-order valence-electron chi connectivity index (χ0n) is 16.1. The first kappa shape index (κ1) is 21.6. The normalized spacial score (nSPS) is 15.4. The predicted octanol–water partition coefficient (Wildman–Crippen LogP) is 4.19. The summed E-state index contributed by atoms with van der Waals surface area (Å²) in [7, 11) is 0. The van der Waals surface area contributed by atoms with Crippen LogP contribution in [-0.2, 0) is 4.74 Å². The minimum absolute atomic E-state index is 0.101. The van der Waals surface area contributed by atoms with E-state index in [0.717, 1.165) is 37.0 Å². The van der Waals surface area contributed by atoms with Gasteiger partial charge in [-0.05, 0) is 72.2 Å². The van der Waals surface area contributed by atoms with Crippen LogP contribution in [0.15, 0.2) is 0 Å². The molecule has 0 unspecified atom stereocenters. The second kappa shape index (κ2) is 9.89. The van der Waals surface area contributed by atoms with Crippen LogP contribution >= 0.6 is 11.9 Å². The molecule has 0 radical (unpaired) electrons. The van der Waals surface area contributed by atoms with Gasteiger partial charge in [0.15, 0.2) is 0 Å². The first-order valence-corrected chi connectivity index (χ1v) is 9.83. The van der Waals surface area contributed by atoms with Gasteiger partial charge in [0.05, 0.1) is 0 Å². The minimum atomic E-state index is -0.641. The number of hydrogen-bond donors (Lipinski definition) is 2. The lowest BCUT2D eigenvalue weighted by atomic mass is 9.98. The van der Waals surface area contributed by atoms with Crippen molar-refractivity contribution in [2.45, 2.75) is 77.6 Å². The number of rotatable bonds is 4. The van der Waals surface area contributed by atoms with Gasteiger partial charge in [0.1, 0.15) is 6.10 Å². The van der Waals surface area contributed by atoms with Gasteiger partial charge in [-0.3, -0.25) is 10.1 Å². The number of nitrogens with zero attached hydrogens (tertiary/aromatic N) is 2. The van der Waals surface area contributed by atoms with Gasteiger partial charge in [-0.15, -0.1) is 0 Å². The van der Waals surface area contributed by atoms with Gasteiger partial charge < -0.3 is 9.64 Å². The summed E-state index contributed by atoms with van der Waals surface area (Å²) >= 11 is 1.21. The number of carbonyl (C=O) groups is 2. The van der Waals surface area contributed by atoms with Crippen molar-refractivity contribution in [3.8, 4) is 0 Å². The van der Waals surface area contributed by atoms with Crippen molar-refractivity contribution in [2.75, 3.05) is 13.1 Å². The van der Waals surface area contributed by atoms with Gasteiger partial charge in [0.2, 0.25) is 0 Å². The van der Waals surface area contributed by atoms with E-state index in [9.17, 15) is 9.59 Å². The number of ether oxygens (including phenoxy) is 1. The van der Waals surface area contributed by atoms with Crippen LogP contribution in [0, 0.1) is 5.41 Å². The number of amides is 4. The van der Waals surface area contributed by atoms with E-state index in [1.807, 2.05) is 34.6 Å². The van der Waals surface area contributed by atoms with Crippen LogP contribution < -0.4 is 4.72 Å². The Bertz CT molecular complexity index is 469. The van der Waals surface area contributed by atoms with Crippen LogP contribution in [0.25, 0.3) is 0 Å². The van der Waals surface area contributed by atoms with Gasteiger partial charge in [-0.25, -0.2) is 9.59 Å². The maximum atomic E-state index is 12.7. The van der Waals surface area contributed by atoms with Crippen LogP contribution in [0.5, 0.6) is 0 Å². The molecule has 0 atom stereocenters. The Morgan fingerprint density at radius 2 is 1.72 bits per heavy atom. The summed E-state index contributed by atoms with van der Waals surface area (Å²) in [6.45, 7) is 10.5. The van der Waals surface area contributed by atoms with Gasteiger partial charge in [-0.2, -0.15) is 4.90 Å². The summed E-state index contributed by atoms with van der Waals surface area (Å²) in [4.78, 5) is 27.6. The van der Waals surface area contributed by atoms with Gasteiger partial charge in [-0.1, -0.05) is 6.42 Å². The van der Waals surface area contributed by atoms with Crippen LogP contribution in [0.2, 0.25) is 0 Å². The van der Waals surface area contributed by atoms with E-state index in [2.05, 4.69) is 4.72 Å². The lowest BCUT2D eigenvalue weighted by Gasteiger charge is -2.31. The fourth-order valence-corrected chi connectivity index (χ4v) is 3.02. The van der Waals surface area contributed by atoms with Crippen molar-refractivity contribution in [3.63, 3.8) is 0 Å². The zero-order chi connectivity index (χ0) is 19.0.